The number of aryl methyl sites for hydroxylation is 1. The number of nitrogens with zero attached hydrogens (tertiary/aromatic N) is 3. The number of guanidine groups is 1. The Hall–Kier alpha value is -1.09. The molecule has 1 N–H and O–H groups in total. The molecule has 6 nitrogen and oxygen atoms in total. The number of aliphatic imine (C=N–C) groups is 1. The number of aromatic nitrogens is 1. The standard InChI is InChI=1S/C19H32N4O2.HI/c1-14-12-21-17(15(2)18(14)24-5)13-22-19(20-3)23(4)9-6-16-7-10-25-11-8-16;/h12,16H,6-11,13H2,1-5H3,(H,20,22);1H. The van der Waals surface area contributed by atoms with Gasteiger partial charge in [-0.1, -0.05) is 0 Å². The molecule has 7 heteroatoms. The van der Waals surface area contributed by atoms with E-state index in [1.807, 2.05) is 27.1 Å². The molecule has 0 spiro atoms. The summed E-state index contributed by atoms with van der Waals surface area (Å²) >= 11 is 0. The zero-order valence-electron chi connectivity index (χ0n) is 16.7. The van der Waals surface area contributed by atoms with Crippen LogP contribution < -0.4 is 10.1 Å². The number of pyridine rings is 1. The van der Waals surface area contributed by atoms with Gasteiger partial charge in [-0.05, 0) is 39.0 Å². The van der Waals surface area contributed by atoms with Crippen LogP contribution in [0.2, 0.25) is 0 Å². The highest BCUT2D eigenvalue weighted by Crippen LogP contribution is 2.23. The summed E-state index contributed by atoms with van der Waals surface area (Å²) in [6.07, 6.45) is 5.38. The molecule has 148 valence electrons. The molecule has 0 atom stereocenters. The van der Waals surface area contributed by atoms with Crippen LogP contribution in [0.25, 0.3) is 0 Å². The van der Waals surface area contributed by atoms with Gasteiger partial charge in [-0.25, -0.2) is 0 Å². The summed E-state index contributed by atoms with van der Waals surface area (Å²) in [6.45, 7) is 7.50. The van der Waals surface area contributed by atoms with Crippen LogP contribution >= 0.6 is 24.0 Å². The molecular weight excluding hydrogens is 443 g/mol. The number of hydrogen-bond donors (Lipinski definition) is 1. The minimum absolute atomic E-state index is 0. The van der Waals surface area contributed by atoms with Crippen molar-refractivity contribution in [2.45, 2.75) is 39.7 Å². The first-order chi connectivity index (χ1) is 12.1. The van der Waals surface area contributed by atoms with Crippen LogP contribution in [0, 0.1) is 19.8 Å². The van der Waals surface area contributed by atoms with Crippen LogP contribution in [-0.2, 0) is 11.3 Å². The molecule has 0 radical (unpaired) electrons. The maximum Gasteiger partial charge on any atom is 0.193 e. The van der Waals surface area contributed by atoms with Crippen LogP contribution in [0.3, 0.4) is 0 Å². The van der Waals surface area contributed by atoms with E-state index in [0.29, 0.717) is 6.54 Å². The van der Waals surface area contributed by atoms with E-state index in [1.165, 1.54) is 19.3 Å². The zero-order valence-corrected chi connectivity index (χ0v) is 19.0. The van der Waals surface area contributed by atoms with Gasteiger partial charge in [-0.2, -0.15) is 0 Å². The monoisotopic (exact) mass is 476 g/mol. The van der Waals surface area contributed by atoms with E-state index in [2.05, 4.69) is 27.2 Å². The van der Waals surface area contributed by atoms with Crippen molar-refractivity contribution in [3.8, 4) is 5.75 Å². The average Bonchev–Trinajstić information content (AvgIpc) is 2.63. The summed E-state index contributed by atoms with van der Waals surface area (Å²) in [5.41, 5.74) is 3.12. The predicted molar refractivity (Wildman–Crippen MR) is 117 cm³/mol. The average molecular weight is 476 g/mol. The summed E-state index contributed by atoms with van der Waals surface area (Å²) in [4.78, 5) is 11.1. The summed E-state index contributed by atoms with van der Waals surface area (Å²) in [5.74, 6) is 2.57. The molecule has 1 aromatic heterocycles. The maximum atomic E-state index is 5.48. The van der Waals surface area contributed by atoms with Gasteiger partial charge in [0, 0.05) is 51.2 Å². The van der Waals surface area contributed by atoms with Crippen molar-refractivity contribution in [2.24, 2.45) is 10.9 Å². The minimum atomic E-state index is 0. The van der Waals surface area contributed by atoms with Crippen LogP contribution in [0.1, 0.15) is 36.1 Å². The highest BCUT2D eigenvalue weighted by Gasteiger charge is 2.16. The first-order valence-corrected chi connectivity index (χ1v) is 9.05. The number of hydrogen-bond acceptors (Lipinski definition) is 4. The van der Waals surface area contributed by atoms with E-state index >= 15 is 0 Å². The second kappa shape index (κ2) is 11.6. The van der Waals surface area contributed by atoms with E-state index in [1.54, 1.807) is 7.11 Å². The van der Waals surface area contributed by atoms with E-state index in [9.17, 15) is 0 Å². The molecule has 1 fully saturated rings. The fraction of sp³-hybridized carbons (Fsp3) is 0.684. The van der Waals surface area contributed by atoms with E-state index in [4.69, 9.17) is 9.47 Å². The van der Waals surface area contributed by atoms with Crippen LogP contribution in [0.4, 0.5) is 0 Å². The van der Waals surface area contributed by atoms with Crippen molar-refractivity contribution >= 4 is 29.9 Å². The zero-order chi connectivity index (χ0) is 18.2. The second-order valence-corrected chi connectivity index (χ2v) is 6.71. The Morgan fingerprint density at radius 2 is 2.08 bits per heavy atom. The normalized spacial score (nSPS) is 15.3. The second-order valence-electron chi connectivity index (χ2n) is 6.71. The smallest absolute Gasteiger partial charge is 0.193 e. The lowest BCUT2D eigenvalue weighted by Crippen LogP contribution is -2.40. The Kier molecular flexibility index (Phi) is 10.2. The van der Waals surface area contributed by atoms with Crippen molar-refractivity contribution < 1.29 is 9.47 Å². The highest BCUT2D eigenvalue weighted by atomic mass is 127. The van der Waals surface area contributed by atoms with Gasteiger partial charge in [-0.3, -0.25) is 9.98 Å². The third-order valence-corrected chi connectivity index (χ3v) is 4.95. The van der Waals surface area contributed by atoms with Gasteiger partial charge in [0.2, 0.25) is 0 Å². The van der Waals surface area contributed by atoms with Gasteiger partial charge in [0.1, 0.15) is 5.75 Å². The Balaban J connectivity index is 0.00000338. The van der Waals surface area contributed by atoms with Crippen molar-refractivity contribution in [3.05, 3.63) is 23.0 Å². The van der Waals surface area contributed by atoms with E-state index in [-0.39, 0.29) is 24.0 Å². The van der Waals surface area contributed by atoms with Gasteiger partial charge in [-0.15, -0.1) is 24.0 Å². The van der Waals surface area contributed by atoms with Gasteiger partial charge in [0.25, 0.3) is 0 Å². The molecule has 26 heavy (non-hydrogen) atoms. The molecular formula is C19H33IN4O2. The molecule has 0 aromatic carbocycles. The number of rotatable bonds is 6. The topological polar surface area (TPSA) is 59.0 Å². The van der Waals surface area contributed by atoms with Gasteiger partial charge >= 0.3 is 0 Å². The Labute approximate surface area is 174 Å². The van der Waals surface area contributed by atoms with Crippen LogP contribution in [0.5, 0.6) is 5.75 Å². The molecule has 0 saturated carbocycles. The molecule has 2 heterocycles. The lowest BCUT2D eigenvalue weighted by atomic mass is 9.96. The molecule has 0 aliphatic carbocycles. The van der Waals surface area contributed by atoms with E-state index < -0.39 is 0 Å². The molecule has 1 aliphatic rings. The predicted octanol–water partition coefficient (Wildman–Crippen LogP) is 3.15. The Morgan fingerprint density at radius 3 is 2.69 bits per heavy atom. The van der Waals surface area contributed by atoms with Gasteiger partial charge in [0.05, 0.1) is 19.3 Å². The summed E-state index contributed by atoms with van der Waals surface area (Å²) < 4.78 is 10.9. The fourth-order valence-electron chi connectivity index (χ4n) is 3.31. The largest absolute Gasteiger partial charge is 0.496 e. The molecule has 0 unspecified atom stereocenters. The SMILES string of the molecule is CN=C(NCc1ncc(C)c(OC)c1C)N(C)CCC1CCOCC1.I. The molecule has 0 bridgehead atoms. The van der Waals surface area contributed by atoms with Crippen molar-refractivity contribution in [2.75, 3.05) is 41.0 Å². The summed E-state index contributed by atoms with van der Waals surface area (Å²) in [6, 6.07) is 0. The third-order valence-electron chi connectivity index (χ3n) is 4.95. The van der Waals surface area contributed by atoms with Gasteiger partial charge < -0.3 is 19.7 Å². The minimum Gasteiger partial charge on any atom is -0.496 e. The lowest BCUT2D eigenvalue weighted by Gasteiger charge is -2.27. The first kappa shape index (κ1) is 23.0. The van der Waals surface area contributed by atoms with Crippen molar-refractivity contribution in [1.29, 1.82) is 0 Å². The highest BCUT2D eigenvalue weighted by molar-refractivity contribution is 14.0. The molecule has 0 amide bonds. The van der Waals surface area contributed by atoms with Gasteiger partial charge in [0.15, 0.2) is 5.96 Å². The fourth-order valence-corrected chi connectivity index (χ4v) is 3.31. The quantitative estimate of drug-likeness (QED) is 0.389. The molecule has 1 aromatic rings. The Bertz CT molecular complexity index is 589. The lowest BCUT2D eigenvalue weighted by molar-refractivity contribution is 0.0625. The molecule has 1 saturated heterocycles. The molecule has 1 aliphatic heterocycles. The Morgan fingerprint density at radius 1 is 1.38 bits per heavy atom. The number of methoxy groups -OCH3 is 1. The number of nitrogens with one attached hydrogen (secondary N) is 1. The molecule has 2 rings (SSSR count). The summed E-state index contributed by atoms with van der Waals surface area (Å²) in [7, 11) is 5.61. The van der Waals surface area contributed by atoms with Crippen molar-refractivity contribution in [1.82, 2.24) is 15.2 Å². The van der Waals surface area contributed by atoms with E-state index in [0.717, 1.165) is 54.2 Å². The first-order valence-electron chi connectivity index (χ1n) is 9.05. The third kappa shape index (κ3) is 6.26. The van der Waals surface area contributed by atoms with Crippen molar-refractivity contribution in [3.63, 3.8) is 0 Å². The van der Waals surface area contributed by atoms with Crippen LogP contribution in [-0.4, -0.2) is 56.8 Å². The van der Waals surface area contributed by atoms with Crippen LogP contribution in [0.15, 0.2) is 11.2 Å². The number of halogens is 1. The number of ether oxygens (including phenoxy) is 2. The maximum absolute atomic E-state index is 5.48. The summed E-state index contributed by atoms with van der Waals surface area (Å²) in [5, 5.41) is 3.42.